The number of primary amides is 1. The van der Waals surface area contributed by atoms with Crippen LogP contribution < -0.4 is 25.4 Å². The fourth-order valence-electron chi connectivity index (χ4n) is 5.56. The number of pyridine rings is 2. The van der Waals surface area contributed by atoms with Crippen molar-refractivity contribution in [3.05, 3.63) is 71.1 Å². The van der Waals surface area contributed by atoms with E-state index in [0.29, 0.717) is 17.3 Å². The fourth-order valence-corrected chi connectivity index (χ4v) is 5.56. The second-order valence-electron chi connectivity index (χ2n) is 9.97. The lowest BCUT2D eigenvalue weighted by atomic mass is 9.98. The molecule has 4 heterocycles. The Morgan fingerprint density at radius 3 is 2.23 bits per heavy atom. The number of amides is 5. The van der Waals surface area contributed by atoms with Crippen LogP contribution in [0.4, 0.5) is 29.7 Å². The summed E-state index contributed by atoms with van der Waals surface area (Å²) in [5.74, 6) is -4.51. The monoisotopic (exact) mass is 611 g/mol. The number of benzene rings is 1. The Labute approximate surface area is 249 Å². The van der Waals surface area contributed by atoms with Gasteiger partial charge in [0.05, 0.1) is 55.9 Å². The lowest BCUT2D eigenvalue weighted by molar-refractivity contribution is -0.147. The number of carboxylic acids is 1. The summed E-state index contributed by atoms with van der Waals surface area (Å²) < 4.78 is 39.3. The zero-order valence-electron chi connectivity index (χ0n) is 23.7. The highest BCUT2D eigenvalue weighted by Crippen LogP contribution is 2.41. The lowest BCUT2D eigenvalue weighted by Crippen LogP contribution is -2.66. The Morgan fingerprint density at radius 1 is 0.977 bits per heavy atom. The smallest absolute Gasteiger partial charge is 0.329 e. The number of nitrogens with zero attached hydrogens (tertiary/aromatic N) is 5. The van der Waals surface area contributed by atoms with Crippen LogP contribution in [0.15, 0.2) is 42.7 Å². The molecule has 0 saturated heterocycles. The Bertz CT molecular complexity index is 1670. The molecule has 2 aliphatic rings. The highest BCUT2D eigenvalue weighted by Gasteiger charge is 2.50. The van der Waals surface area contributed by atoms with Crippen molar-refractivity contribution >= 4 is 35.3 Å². The van der Waals surface area contributed by atoms with Crippen molar-refractivity contribution in [3.63, 3.8) is 0 Å². The fraction of sp³-hybridized carbons (Fsp3) is 0.286. The van der Waals surface area contributed by atoms with Gasteiger partial charge in [0.25, 0.3) is 0 Å². The first kappa shape index (κ1) is 29.9. The number of aliphatic carboxylic acids is 1. The highest BCUT2D eigenvalue weighted by molar-refractivity contribution is 6.02. The van der Waals surface area contributed by atoms with E-state index in [0.717, 1.165) is 20.8 Å². The summed E-state index contributed by atoms with van der Waals surface area (Å²) in [6, 6.07) is -1.05. The minimum atomic E-state index is -2.00. The van der Waals surface area contributed by atoms with Gasteiger partial charge in [-0.2, -0.15) is 0 Å². The van der Waals surface area contributed by atoms with E-state index < -0.39 is 60.2 Å². The Hall–Kier alpha value is -5.54. The van der Waals surface area contributed by atoms with Crippen LogP contribution in [-0.2, 0) is 22.7 Å². The summed E-state index contributed by atoms with van der Waals surface area (Å²) in [7, 11) is 2.66. The van der Waals surface area contributed by atoms with Gasteiger partial charge in [-0.15, -0.1) is 0 Å². The maximum Gasteiger partial charge on any atom is 0.329 e. The molecule has 0 radical (unpaired) electrons. The van der Waals surface area contributed by atoms with Crippen molar-refractivity contribution < 1.29 is 42.5 Å². The number of ether oxygens (including phenoxy) is 2. The van der Waals surface area contributed by atoms with E-state index in [1.807, 2.05) is 0 Å². The minimum absolute atomic E-state index is 0.0346. The number of aromatic nitrogens is 2. The summed E-state index contributed by atoms with van der Waals surface area (Å²) in [4.78, 5) is 64.5. The number of fused-ring (bicyclic) bond motifs is 2. The van der Waals surface area contributed by atoms with Crippen molar-refractivity contribution in [2.75, 3.05) is 24.4 Å². The van der Waals surface area contributed by atoms with E-state index >= 15 is 0 Å². The normalized spacial score (nSPS) is 16.3. The molecular formula is C28H27F2N7O7. The van der Waals surface area contributed by atoms with Gasteiger partial charge in [0.2, 0.25) is 17.7 Å². The molecular weight excluding hydrogens is 584 g/mol. The molecule has 5 rings (SSSR count). The highest BCUT2D eigenvalue weighted by atomic mass is 19.1. The number of nitrogens with two attached hydrogens (primary N) is 1. The first-order valence-electron chi connectivity index (χ1n) is 13.2. The van der Waals surface area contributed by atoms with Crippen molar-refractivity contribution in [2.45, 2.75) is 38.1 Å². The molecule has 4 N–H and O–H groups in total. The summed E-state index contributed by atoms with van der Waals surface area (Å²) in [5, 5.41) is 13.0. The van der Waals surface area contributed by atoms with Gasteiger partial charge in [-0.25, -0.2) is 33.1 Å². The third-order valence-electron chi connectivity index (χ3n) is 7.58. The molecule has 230 valence electrons. The molecule has 14 nitrogen and oxygen atoms in total. The largest absolute Gasteiger partial charge is 0.481 e. The number of rotatable bonds is 9. The SMILES string of the molecule is COc1nccc2c1CN(C(C(=O)O)C(C(N)=O)N1Cc3c(ccnc3OC)N([C@@H](C)c3ccc(F)cc3F)C1=O)C(=O)N2. The number of halogens is 2. The first-order valence-corrected chi connectivity index (χ1v) is 13.2. The third-order valence-corrected chi connectivity index (χ3v) is 7.58. The molecule has 0 spiro atoms. The number of hydrogen-bond donors (Lipinski definition) is 3. The molecule has 0 fully saturated rings. The molecule has 0 saturated carbocycles. The van der Waals surface area contributed by atoms with Crippen LogP contribution in [0.5, 0.6) is 11.8 Å². The maximum atomic E-state index is 14.9. The van der Waals surface area contributed by atoms with Gasteiger partial charge in [-0.05, 0) is 25.1 Å². The topological polar surface area (TPSA) is 181 Å². The molecule has 0 aliphatic carbocycles. The van der Waals surface area contributed by atoms with E-state index in [-0.39, 0.29) is 35.1 Å². The van der Waals surface area contributed by atoms with E-state index in [1.165, 1.54) is 51.7 Å². The van der Waals surface area contributed by atoms with Crippen LogP contribution in [-0.4, -0.2) is 75.1 Å². The zero-order chi connectivity index (χ0) is 31.9. The average molecular weight is 612 g/mol. The van der Waals surface area contributed by atoms with E-state index in [9.17, 15) is 33.1 Å². The number of urea groups is 2. The molecule has 3 aromatic rings. The van der Waals surface area contributed by atoms with Crippen molar-refractivity contribution in [1.82, 2.24) is 19.8 Å². The molecule has 2 unspecified atom stereocenters. The van der Waals surface area contributed by atoms with Gasteiger partial charge in [0.1, 0.15) is 17.7 Å². The van der Waals surface area contributed by atoms with Gasteiger partial charge in [-0.1, -0.05) is 6.07 Å². The number of carboxylic acid groups (broad SMARTS) is 1. The number of carbonyl (C=O) groups is 4. The van der Waals surface area contributed by atoms with Crippen LogP contribution in [0, 0.1) is 11.6 Å². The zero-order valence-corrected chi connectivity index (χ0v) is 23.7. The number of hydrogen-bond acceptors (Lipinski definition) is 8. The summed E-state index contributed by atoms with van der Waals surface area (Å²) in [6.07, 6.45) is 2.74. The predicted octanol–water partition coefficient (Wildman–Crippen LogP) is 2.63. The summed E-state index contributed by atoms with van der Waals surface area (Å²) >= 11 is 0. The van der Waals surface area contributed by atoms with E-state index in [1.54, 1.807) is 0 Å². The number of methoxy groups -OCH3 is 2. The van der Waals surface area contributed by atoms with Crippen LogP contribution in [0.1, 0.15) is 29.7 Å². The summed E-state index contributed by atoms with van der Waals surface area (Å²) in [5.41, 5.74) is 6.83. The number of carbonyl (C=O) groups excluding carboxylic acids is 3. The molecule has 2 aromatic heterocycles. The van der Waals surface area contributed by atoms with Crippen molar-refractivity contribution in [2.24, 2.45) is 5.73 Å². The minimum Gasteiger partial charge on any atom is -0.481 e. The van der Waals surface area contributed by atoms with E-state index in [4.69, 9.17) is 15.2 Å². The quantitative estimate of drug-likeness (QED) is 0.328. The number of anilines is 2. The van der Waals surface area contributed by atoms with Crippen LogP contribution >= 0.6 is 0 Å². The Kier molecular flexibility index (Phi) is 7.91. The summed E-state index contributed by atoms with van der Waals surface area (Å²) in [6.45, 7) is 0.703. The van der Waals surface area contributed by atoms with Gasteiger partial charge < -0.3 is 35.4 Å². The second-order valence-corrected chi connectivity index (χ2v) is 9.97. The van der Waals surface area contributed by atoms with Crippen LogP contribution in [0.25, 0.3) is 0 Å². The second kappa shape index (κ2) is 11.6. The maximum absolute atomic E-state index is 14.9. The van der Waals surface area contributed by atoms with E-state index in [2.05, 4.69) is 15.3 Å². The van der Waals surface area contributed by atoms with Crippen molar-refractivity contribution in [3.8, 4) is 11.8 Å². The first-order chi connectivity index (χ1) is 21.0. The molecule has 0 bridgehead atoms. The number of nitrogens with one attached hydrogen (secondary N) is 1. The third kappa shape index (κ3) is 5.03. The van der Waals surface area contributed by atoms with Crippen LogP contribution in [0.3, 0.4) is 0 Å². The van der Waals surface area contributed by atoms with Gasteiger partial charge in [0, 0.05) is 24.0 Å². The lowest BCUT2D eigenvalue weighted by Gasteiger charge is -2.45. The standard InChI is InChI=1S/C28H27F2N7O7/c1-13(15-5-4-14(29)10-18(15)30)37-20-7-9-33-25(44-3)17(20)12-36(28(37)42)21(23(31)38)22(26(39)40)35-11-16-19(34-27(35)41)6-8-32-24(16)43-2/h4-10,13,21-22H,11-12H2,1-3H3,(H2,31,38)(H,34,41)(H,39,40)/t13-,21?,22?/m0/s1. The van der Waals surface area contributed by atoms with Crippen LogP contribution in [0.2, 0.25) is 0 Å². The van der Waals surface area contributed by atoms with Gasteiger partial charge in [-0.3, -0.25) is 9.69 Å². The average Bonchev–Trinajstić information content (AvgIpc) is 2.98. The Morgan fingerprint density at radius 2 is 1.61 bits per heavy atom. The van der Waals surface area contributed by atoms with Gasteiger partial charge >= 0.3 is 18.0 Å². The Balaban J connectivity index is 1.63. The molecule has 16 heteroatoms. The van der Waals surface area contributed by atoms with Gasteiger partial charge in [0.15, 0.2) is 6.04 Å². The molecule has 2 aliphatic heterocycles. The van der Waals surface area contributed by atoms with Crippen molar-refractivity contribution in [1.29, 1.82) is 0 Å². The molecule has 1 aromatic carbocycles. The predicted molar refractivity (Wildman–Crippen MR) is 149 cm³/mol. The molecule has 3 atom stereocenters. The molecule has 44 heavy (non-hydrogen) atoms. The molecule has 5 amide bonds.